The van der Waals surface area contributed by atoms with Crippen molar-refractivity contribution in [1.82, 2.24) is 9.88 Å². The normalized spacial score (nSPS) is 11.2. The molecular weight excluding hydrogens is 282 g/mol. The third kappa shape index (κ3) is 5.30. The number of nitrogens with two attached hydrogens (primary N) is 1. The van der Waals surface area contributed by atoms with E-state index in [4.69, 9.17) is 21.9 Å². The molecule has 0 atom stereocenters. The second kappa shape index (κ2) is 5.98. The summed E-state index contributed by atoms with van der Waals surface area (Å²) < 4.78 is 29.8. The molecule has 0 bridgehead atoms. The fraction of sp³-hybridized carbons (Fsp3) is 0.333. The van der Waals surface area contributed by atoms with Crippen molar-refractivity contribution in [3.05, 3.63) is 29.0 Å². The summed E-state index contributed by atoms with van der Waals surface area (Å²) in [5, 5.41) is 0.308. The van der Waals surface area contributed by atoms with E-state index in [-0.39, 0.29) is 13.1 Å². The SMILES string of the molecule is NC(=O)N(CCS(=O)(=O)O)Cc1ccc(Cl)nc1. The number of urea groups is 1. The van der Waals surface area contributed by atoms with Crippen LogP contribution in [0, 0.1) is 0 Å². The quantitative estimate of drug-likeness (QED) is 0.606. The Kier molecular flexibility index (Phi) is 4.88. The zero-order valence-corrected chi connectivity index (χ0v) is 10.9. The van der Waals surface area contributed by atoms with Gasteiger partial charge in [-0.3, -0.25) is 4.55 Å². The molecule has 0 aliphatic carbocycles. The molecule has 9 heteroatoms. The highest BCUT2D eigenvalue weighted by Gasteiger charge is 2.14. The molecule has 1 aromatic heterocycles. The molecular formula is C9H12ClN3O4S. The van der Waals surface area contributed by atoms with Crippen LogP contribution in [0.4, 0.5) is 4.79 Å². The summed E-state index contributed by atoms with van der Waals surface area (Å²) in [6.45, 7) is -0.105. The maximum Gasteiger partial charge on any atom is 0.315 e. The van der Waals surface area contributed by atoms with Crippen molar-refractivity contribution in [3.63, 3.8) is 0 Å². The number of halogens is 1. The van der Waals surface area contributed by atoms with Gasteiger partial charge in [-0.25, -0.2) is 9.78 Å². The Balaban J connectivity index is 2.69. The van der Waals surface area contributed by atoms with Gasteiger partial charge in [0.25, 0.3) is 10.1 Å². The van der Waals surface area contributed by atoms with E-state index in [1.807, 2.05) is 0 Å². The number of aromatic nitrogens is 1. The molecule has 0 radical (unpaired) electrons. The molecule has 0 saturated carbocycles. The third-order valence-corrected chi connectivity index (χ3v) is 3.01. The Morgan fingerprint density at radius 3 is 2.61 bits per heavy atom. The van der Waals surface area contributed by atoms with Crippen LogP contribution in [-0.2, 0) is 16.7 Å². The minimum atomic E-state index is -4.14. The van der Waals surface area contributed by atoms with Crippen LogP contribution in [0.25, 0.3) is 0 Å². The zero-order chi connectivity index (χ0) is 13.8. The van der Waals surface area contributed by atoms with Gasteiger partial charge in [-0.05, 0) is 11.6 Å². The minimum absolute atomic E-state index is 0.0923. The highest BCUT2D eigenvalue weighted by Crippen LogP contribution is 2.08. The first kappa shape index (κ1) is 14.7. The van der Waals surface area contributed by atoms with Gasteiger partial charge in [0.05, 0.1) is 5.75 Å². The van der Waals surface area contributed by atoms with E-state index in [9.17, 15) is 13.2 Å². The Morgan fingerprint density at radius 2 is 2.17 bits per heavy atom. The molecule has 0 aliphatic heterocycles. The predicted molar refractivity (Wildman–Crippen MR) is 65.7 cm³/mol. The molecule has 1 aromatic rings. The monoisotopic (exact) mass is 293 g/mol. The topological polar surface area (TPSA) is 114 Å². The van der Waals surface area contributed by atoms with Crippen LogP contribution in [0.3, 0.4) is 0 Å². The summed E-state index contributed by atoms with van der Waals surface area (Å²) in [5.41, 5.74) is 5.75. The highest BCUT2D eigenvalue weighted by molar-refractivity contribution is 7.85. The van der Waals surface area contributed by atoms with E-state index < -0.39 is 21.9 Å². The Bertz CT molecular complexity index is 517. The summed E-state index contributed by atoms with van der Waals surface area (Å²) >= 11 is 5.60. The van der Waals surface area contributed by atoms with Crippen LogP contribution in [0.15, 0.2) is 18.3 Å². The first-order valence-electron chi connectivity index (χ1n) is 4.88. The van der Waals surface area contributed by atoms with Gasteiger partial charge in [0.15, 0.2) is 0 Å². The number of carbonyl (C=O) groups is 1. The lowest BCUT2D eigenvalue weighted by Crippen LogP contribution is -2.38. The minimum Gasteiger partial charge on any atom is -0.351 e. The van der Waals surface area contributed by atoms with E-state index in [0.717, 1.165) is 4.90 Å². The standard InChI is InChI=1S/C9H12ClN3O4S/c10-8-2-1-7(5-12-8)6-13(9(11)14)3-4-18(15,16)17/h1-2,5H,3-4,6H2,(H2,11,14)(H,15,16,17). The van der Waals surface area contributed by atoms with Crippen molar-refractivity contribution in [1.29, 1.82) is 0 Å². The third-order valence-electron chi connectivity index (χ3n) is 2.09. The summed E-state index contributed by atoms with van der Waals surface area (Å²) in [7, 11) is -4.14. The molecule has 0 aromatic carbocycles. The first-order chi connectivity index (χ1) is 8.28. The summed E-state index contributed by atoms with van der Waals surface area (Å²) in [4.78, 5) is 16.0. The number of rotatable bonds is 5. The number of primary amides is 1. The van der Waals surface area contributed by atoms with E-state index in [1.54, 1.807) is 12.1 Å². The maximum atomic E-state index is 11.1. The average molecular weight is 294 g/mol. The summed E-state index contributed by atoms with van der Waals surface area (Å²) in [6, 6.07) is 2.39. The van der Waals surface area contributed by atoms with Gasteiger partial charge in [-0.2, -0.15) is 8.42 Å². The number of carbonyl (C=O) groups excluding carboxylic acids is 1. The zero-order valence-electron chi connectivity index (χ0n) is 9.28. The number of hydrogen-bond donors (Lipinski definition) is 2. The summed E-state index contributed by atoms with van der Waals surface area (Å²) in [5.74, 6) is -0.572. The molecule has 2 amide bonds. The lowest BCUT2D eigenvalue weighted by molar-refractivity contribution is 0.208. The van der Waals surface area contributed by atoms with Crippen LogP contribution in [0.5, 0.6) is 0 Å². The average Bonchev–Trinajstić information content (AvgIpc) is 2.25. The van der Waals surface area contributed by atoms with Gasteiger partial charge < -0.3 is 10.6 Å². The molecule has 1 heterocycles. The van der Waals surface area contributed by atoms with Crippen LogP contribution >= 0.6 is 11.6 Å². The molecule has 0 aliphatic rings. The number of pyridine rings is 1. The molecule has 0 unspecified atom stereocenters. The van der Waals surface area contributed by atoms with Gasteiger partial charge in [0.1, 0.15) is 5.15 Å². The molecule has 0 spiro atoms. The molecule has 3 N–H and O–H groups in total. The van der Waals surface area contributed by atoms with E-state index in [0.29, 0.717) is 10.7 Å². The molecule has 18 heavy (non-hydrogen) atoms. The molecule has 100 valence electrons. The Labute approximate surface area is 109 Å². The fourth-order valence-corrected chi connectivity index (χ4v) is 1.78. The van der Waals surface area contributed by atoms with Gasteiger partial charge in [0.2, 0.25) is 0 Å². The van der Waals surface area contributed by atoms with Crippen molar-refractivity contribution < 1.29 is 17.8 Å². The van der Waals surface area contributed by atoms with Gasteiger partial charge in [-0.1, -0.05) is 17.7 Å². The molecule has 7 nitrogen and oxygen atoms in total. The fourth-order valence-electron chi connectivity index (χ4n) is 1.21. The van der Waals surface area contributed by atoms with Crippen LogP contribution in [0.2, 0.25) is 5.15 Å². The van der Waals surface area contributed by atoms with Crippen molar-refractivity contribution in [2.75, 3.05) is 12.3 Å². The Hall–Kier alpha value is -1.38. The second-order valence-electron chi connectivity index (χ2n) is 3.54. The molecule has 0 saturated heterocycles. The lowest BCUT2D eigenvalue weighted by atomic mass is 10.3. The molecule has 0 fully saturated rings. The van der Waals surface area contributed by atoms with Crippen molar-refractivity contribution in [3.8, 4) is 0 Å². The lowest BCUT2D eigenvalue weighted by Gasteiger charge is -2.19. The van der Waals surface area contributed by atoms with E-state index in [1.165, 1.54) is 6.20 Å². The predicted octanol–water partition coefficient (Wildman–Crippen LogP) is 0.504. The van der Waals surface area contributed by atoms with Crippen molar-refractivity contribution in [2.24, 2.45) is 5.73 Å². The first-order valence-corrected chi connectivity index (χ1v) is 6.86. The van der Waals surface area contributed by atoms with Crippen LogP contribution < -0.4 is 5.73 Å². The van der Waals surface area contributed by atoms with Crippen molar-refractivity contribution >= 4 is 27.8 Å². The highest BCUT2D eigenvalue weighted by atomic mass is 35.5. The van der Waals surface area contributed by atoms with Gasteiger partial charge in [0, 0.05) is 19.3 Å². The summed E-state index contributed by atoms with van der Waals surface area (Å²) in [6.07, 6.45) is 1.45. The van der Waals surface area contributed by atoms with E-state index in [2.05, 4.69) is 4.98 Å². The largest absolute Gasteiger partial charge is 0.351 e. The number of hydrogen-bond acceptors (Lipinski definition) is 4. The van der Waals surface area contributed by atoms with Crippen molar-refractivity contribution in [2.45, 2.75) is 6.54 Å². The van der Waals surface area contributed by atoms with Gasteiger partial charge in [-0.15, -0.1) is 0 Å². The second-order valence-corrected chi connectivity index (χ2v) is 5.49. The smallest absolute Gasteiger partial charge is 0.315 e. The van der Waals surface area contributed by atoms with Crippen LogP contribution in [-0.4, -0.2) is 41.2 Å². The Morgan fingerprint density at radius 1 is 1.50 bits per heavy atom. The maximum absolute atomic E-state index is 11.1. The van der Waals surface area contributed by atoms with Gasteiger partial charge >= 0.3 is 6.03 Å². The van der Waals surface area contributed by atoms with E-state index >= 15 is 0 Å². The van der Waals surface area contributed by atoms with Crippen LogP contribution in [0.1, 0.15) is 5.56 Å². The number of amides is 2. The molecule has 1 rings (SSSR count). The number of nitrogens with zero attached hydrogens (tertiary/aromatic N) is 2.